The molecule has 0 amide bonds. The van der Waals surface area contributed by atoms with Crippen molar-refractivity contribution in [2.45, 2.75) is 31.9 Å². The van der Waals surface area contributed by atoms with E-state index in [9.17, 15) is 0 Å². The minimum atomic E-state index is -0.00267. The number of hydrogen-bond acceptors (Lipinski definition) is 4. The first-order valence-electron chi connectivity index (χ1n) is 4.82. The van der Waals surface area contributed by atoms with Crippen LogP contribution < -0.4 is 0 Å². The molecule has 0 aliphatic heterocycles. The van der Waals surface area contributed by atoms with E-state index in [2.05, 4.69) is 4.98 Å². The fourth-order valence-corrected chi connectivity index (χ4v) is 2.29. The molecule has 3 nitrogen and oxygen atoms in total. The normalized spacial score (nSPS) is 15.2. The first-order chi connectivity index (χ1) is 7.17. The van der Waals surface area contributed by atoms with Crippen molar-refractivity contribution in [3.63, 3.8) is 0 Å². The van der Waals surface area contributed by atoms with E-state index in [0.717, 1.165) is 10.7 Å². The highest BCUT2D eigenvalue weighted by atomic mass is 35.5. The van der Waals surface area contributed by atoms with Gasteiger partial charge in [0.15, 0.2) is 0 Å². The van der Waals surface area contributed by atoms with Gasteiger partial charge in [0.05, 0.1) is 24.3 Å². The van der Waals surface area contributed by atoms with E-state index in [1.165, 1.54) is 0 Å². The Morgan fingerprint density at radius 2 is 2.27 bits per heavy atom. The van der Waals surface area contributed by atoms with Crippen LogP contribution in [0.4, 0.5) is 0 Å². The molecule has 1 aromatic heterocycles. The quantitative estimate of drug-likeness (QED) is 0.727. The zero-order valence-electron chi connectivity index (χ0n) is 9.20. The van der Waals surface area contributed by atoms with Gasteiger partial charge in [0.2, 0.25) is 0 Å². The van der Waals surface area contributed by atoms with Gasteiger partial charge >= 0.3 is 0 Å². The van der Waals surface area contributed by atoms with Crippen LogP contribution in [-0.4, -0.2) is 24.8 Å². The Hall–Kier alpha value is -0.160. The summed E-state index contributed by atoms with van der Waals surface area (Å²) in [6, 6.07) is 0. The van der Waals surface area contributed by atoms with Gasteiger partial charge in [0, 0.05) is 12.5 Å². The zero-order valence-corrected chi connectivity index (χ0v) is 10.8. The molecule has 0 spiro atoms. The van der Waals surface area contributed by atoms with Crippen molar-refractivity contribution < 1.29 is 9.47 Å². The Morgan fingerprint density at radius 3 is 2.80 bits per heavy atom. The number of nitrogens with zero attached hydrogens (tertiary/aromatic N) is 1. The number of thiazole rings is 1. The van der Waals surface area contributed by atoms with E-state index >= 15 is 0 Å². The van der Waals surface area contributed by atoms with Crippen molar-refractivity contribution in [3.05, 3.63) is 16.1 Å². The summed E-state index contributed by atoms with van der Waals surface area (Å²) >= 11 is 7.26. The predicted octanol–water partition coefficient (Wildman–Crippen LogP) is 2.99. The van der Waals surface area contributed by atoms with Crippen molar-refractivity contribution in [2.75, 3.05) is 13.7 Å². The lowest BCUT2D eigenvalue weighted by molar-refractivity contribution is -0.0324. The molecule has 5 heteroatoms. The summed E-state index contributed by atoms with van der Waals surface area (Å²) in [7, 11) is 1.67. The molecule has 0 aliphatic carbocycles. The first kappa shape index (κ1) is 12.9. The van der Waals surface area contributed by atoms with E-state index in [0.29, 0.717) is 12.5 Å². The number of aromatic nitrogens is 1. The van der Waals surface area contributed by atoms with Crippen LogP contribution in [0.5, 0.6) is 0 Å². The molecule has 0 aliphatic rings. The number of alkyl halides is 1. The smallest absolute Gasteiger partial charge is 0.122 e. The lowest BCUT2D eigenvalue weighted by atomic mass is 10.4. The maximum Gasteiger partial charge on any atom is 0.122 e. The van der Waals surface area contributed by atoms with Gasteiger partial charge in [0.25, 0.3) is 0 Å². The molecule has 0 bridgehead atoms. The molecule has 0 saturated carbocycles. The van der Waals surface area contributed by atoms with Gasteiger partial charge in [0.1, 0.15) is 11.1 Å². The van der Waals surface area contributed by atoms with E-state index in [4.69, 9.17) is 21.1 Å². The van der Waals surface area contributed by atoms with Crippen LogP contribution in [0.3, 0.4) is 0 Å². The second kappa shape index (κ2) is 6.43. The summed E-state index contributed by atoms with van der Waals surface area (Å²) in [6.07, 6.45) is 0.0745. The van der Waals surface area contributed by atoms with Crippen LogP contribution in [0.15, 0.2) is 5.38 Å². The van der Waals surface area contributed by atoms with Crippen LogP contribution in [0.1, 0.15) is 30.7 Å². The molecule has 1 heterocycles. The number of rotatable bonds is 6. The lowest BCUT2D eigenvalue weighted by Gasteiger charge is -2.16. The number of halogens is 1. The fourth-order valence-electron chi connectivity index (χ4n) is 1.25. The van der Waals surface area contributed by atoms with Gasteiger partial charge < -0.3 is 9.47 Å². The third kappa shape index (κ3) is 4.07. The summed E-state index contributed by atoms with van der Waals surface area (Å²) in [6.45, 7) is 4.57. The van der Waals surface area contributed by atoms with Crippen LogP contribution in [0.2, 0.25) is 0 Å². The molecule has 86 valence electrons. The molecule has 1 rings (SSSR count). The van der Waals surface area contributed by atoms with Gasteiger partial charge in [-0.2, -0.15) is 0 Å². The molecule has 0 saturated heterocycles. The fraction of sp³-hybridized carbons (Fsp3) is 0.700. The first-order valence-corrected chi connectivity index (χ1v) is 6.23. The van der Waals surface area contributed by atoms with Crippen molar-refractivity contribution in [3.8, 4) is 0 Å². The molecule has 2 unspecified atom stereocenters. The van der Waals surface area contributed by atoms with Crippen molar-refractivity contribution in [2.24, 2.45) is 0 Å². The van der Waals surface area contributed by atoms with Crippen LogP contribution >= 0.6 is 22.9 Å². The molecule has 1 aromatic rings. The average Bonchev–Trinajstić information content (AvgIpc) is 2.66. The standard InChI is InChI=1S/C10H16ClNO2S/c1-7(5-13-3)14-8(2)10-12-9(4-11)6-15-10/h6-8H,4-5H2,1-3H3. The Morgan fingerprint density at radius 1 is 1.53 bits per heavy atom. The third-order valence-electron chi connectivity index (χ3n) is 1.89. The van der Waals surface area contributed by atoms with Gasteiger partial charge in [-0.05, 0) is 13.8 Å². The van der Waals surface area contributed by atoms with Crippen molar-refractivity contribution >= 4 is 22.9 Å². The molecule has 15 heavy (non-hydrogen) atoms. The van der Waals surface area contributed by atoms with Crippen LogP contribution in [0, 0.1) is 0 Å². The second-order valence-electron chi connectivity index (χ2n) is 3.35. The van der Waals surface area contributed by atoms with E-state index in [1.54, 1.807) is 18.4 Å². The monoisotopic (exact) mass is 249 g/mol. The van der Waals surface area contributed by atoms with E-state index < -0.39 is 0 Å². The molecule has 0 aromatic carbocycles. The molecular formula is C10H16ClNO2S. The van der Waals surface area contributed by atoms with Gasteiger partial charge in [-0.25, -0.2) is 4.98 Å². The average molecular weight is 250 g/mol. The summed E-state index contributed by atoms with van der Waals surface area (Å²) in [5.74, 6) is 0.455. The molecule has 2 atom stereocenters. The van der Waals surface area contributed by atoms with Crippen LogP contribution in [-0.2, 0) is 15.4 Å². The Bertz CT molecular complexity index is 293. The second-order valence-corrected chi connectivity index (χ2v) is 4.51. The summed E-state index contributed by atoms with van der Waals surface area (Å²) in [5, 5.41) is 2.93. The number of methoxy groups -OCH3 is 1. The highest BCUT2D eigenvalue weighted by Crippen LogP contribution is 2.23. The van der Waals surface area contributed by atoms with Crippen molar-refractivity contribution in [1.29, 1.82) is 0 Å². The third-order valence-corrected chi connectivity index (χ3v) is 3.22. The Labute approximate surface area is 99.4 Å². The summed E-state index contributed by atoms with van der Waals surface area (Å²) in [4.78, 5) is 4.36. The van der Waals surface area contributed by atoms with Gasteiger partial charge in [-0.3, -0.25) is 0 Å². The van der Waals surface area contributed by atoms with Gasteiger partial charge in [-0.1, -0.05) is 0 Å². The maximum atomic E-state index is 5.71. The lowest BCUT2D eigenvalue weighted by Crippen LogP contribution is -2.17. The predicted molar refractivity (Wildman–Crippen MR) is 62.5 cm³/mol. The Kier molecular flexibility index (Phi) is 5.53. The summed E-state index contributed by atoms with van der Waals surface area (Å²) < 4.78 is 10.7. The van der Waals surface area contributed by atoms with Crippen LogP contribution in [0.25, 0.3) is 0 Å². The topological polar surface area (TPSA) is 31.4 Å². The molecular weight excluding hydrogens is 234 g/mol. The van der Waals surface area contributed by atoms with Gasteiger partial charge in [-0.15, -0.1) is 22.9 Å². The highest BCUT2D eigenvalue weighted by Gasteiger charge is 2.14. The molecule has 0 fully saturated rings. The SMILES string of the molecule is COCC(C)OC(C)c1nc(CCl)cs1. The largest absolute Gasteiger partial charge is 0.382 e. The zero-order chi connectivity index (χ0) is 11.3. The highest BCUT2D eigenvalue weighted by molar-refractivity contribution is 7.09. The molecule has 0 N–H and O–H groups in total. The molecule has 0 radical (unpaired) electrons. The maximum absolute atomic E-state index is 5.71. The van der Waals surface area contributed by atoms with Crippen molar-refractivity contribution in [1.82, 2.24) is 4.98 Å². The Balaban J connectivity index is 2.49. The number of hydrogen-bond donors (Lipinski definition) is 0. The van der Waals surface area contributed by atoms with E-state index in [1.807, 2.05) is 19.2 Å². The minimum Gasteiger partial charge on any atom is -0.382 e. The number of ether oxygens (including phenoxy) is 2. The van der Waals surface area contributed by atoms with E-state index in [-0.39, 0.29) is 12.2 Å². The minimum absolute atomic E-state index is 0.00267. The summed E-state index contributed by atoms with van der Waals surface area (Å²) in [5.41, 5.74) is 0.909.